The van der Waals surface area contributed by atoms with Crippen LogP contribution in [-0.4, -0.2) is 41.2 Å². The fourth-order valence-corrected chi connectivity index (χ4v) is 1.06. The highest BCUT2D eigenvalue weighted by Crippen LogP contribution is 2.54. The Morgan fingerprint density at radius 2 is 0.760 bits per heavy atom. The molecule has 0 aliphatic rings. The molecule has 0 rings (SSSR count). The van der Waals surface area contributed by atoms with Crippen molar-refractivity contribution in [3.05, 3.63) is 12.2 Å². The van der Waals surface area contributed by atoms with Crippen molar-refractivity contribution in [2.24, 2.45) is 0 Å². The van der Waals surface area contributed by atoms with Crippen LogP contribution >= 0.6 is 11.6 Å². The van der Waals surface area contributed by atoms with E-state index < -0.39 is 53.3 Å². The van der Waals surface area contributed by atoms with E-state index in [1.807, 2.05) is 0 Å². The Labute approximate surface area is 132 Å². The minimum absolute atomic E-state index is 1.99. The molecule has 0 fully saturated rings. The van der Waals surface area contributed by atoms with Crippen LogP contribution in [0.3, 0.4) is 0 Å². The average Bonchev–Trinajstić information content (AvgIpc) is 2.33. The highest BCUT2D eigenvalue weighted by atomic mass is 35.5. The van der Waals surface area contributed by atoms with Crippen LogP contribution in [0, 0.1) is 0 Å². The van der Waals surface area contributed by atoms with Crippen LogP contribution < -0.4 is 0 Å². The van der Waals surface area contributed by atoms with E-state index in [0.717, 1.165) is 0 Å². The lowest BCUT2D eigenvalue weighted by Gasteiger charge is -2.33. The van der Waals surface area contributed by atoms with Gasteiger partial charge in [0.1, 0.15) is 0 Å². The molecule has 1 unspecified atom stereocenters. The molecule has 0 saturated heterocycles. The molecule has 1 atom stereocenters. The fraction of sp³-hybridized carbons (Fsp3) is 0.778. The van der Waals surface area contributed by atoms with Gasteiger partial charge in [-0.25, -0.2) is 4.39 Å². The molecule has 0 nitrogen and oxygen atoms in total. The first-order valence-corrected chi connectivity index (χ1v) is 5.56. The minimum Gasteiger partial charge on any atom is -0.209 e. The molecule has 0 aromatic heterocycles. The van der Waals surface area contributed by atoms with Crippen LogP contribution in [0.25, 0.3) is 0 Å². The molecule has 0 heterocycles. The van der Waals surface area contributed by atoms with Crippen molar-refractivity contribution in [3.8, 4) is 0 Å². The summed E-state index contributed by atoms with van der Waals surface area (Å²) in [6.45, 7) is 0. The first kappa shape index (κ1) is 24.0. The van der Waals surface area contributed by atoms with Gasteiger partial charge in [-0.15, -0.1) is 0 Å². The predicted molar refractivity (Wildman–Crippen MR) is 50.7 cm³/mol. The molecular weight excluding hydrogens is 429 g/mol. The van der Waals surface area contributed by atoms with Gasteiger partial charge >= 0.3 is 41.2 Å². The van der Waals surface area contributed by atoms with Gasteiger partial charge < -0.3 is 0 Å². The van der Waals surface area contributed by atoms with Crippen LogP contribution in [0.1, 0.15) is 0 Å². The second kappa shape index (κ2) is 6.01. The second-order valence-corrected chi connectivity index (χ2v) is 4.82. The first-order chi connectivity index (χ1) is 10.5. The fourth-order valence-electron chi connectivity index (χ4n) is 0.995. The standard InChI is InChI=1S/C9H2ClF15/c10-5(15,8(20,21)22)3(11,12)1-2-4(13,14)6(16,17)7(18,19)9(23,24)25/h1-2H. The monoisotopic (exact) mass is 430 g/mol. The Hall–Kier alpha value is -1.02. The minimum atomic E-state index is -7.47. The molecule has 0 spiro atoms. The molecule has 0 amide bonds. The molecule has 0 aromatic carbocycles. The van der Waals surface area contributed by atoms with Crippen molar-refractivity contribution < 1.29 is 65.9 Å². The van der Waals surface area contributed by atoms with Gasteiger partial charge in [0.05, 0.1) is 0 Å². The summed E-state index contributed by atoms with van der Waals surface area (Å²) in [6.07, 6.45) is -18.1. The van der Waals surface area contributed by atoms with Crippen molar-refractivity contribution in [2.45, 2.75) is 41.2 Å². The van der Waals surface area contributed by atoms with Crippen molar-refractivity contribution in [1.29, 1.82) is 0 Å². The maximum Gasteiger partial charge on any atom is 0.460 e. The van der Waals surface area contributed by atoms with Crippen LogP contribution in [-0.2, 0) is 0 Å². The molecule has 0 aliphatic carbocycles. The van der Waals surface area contributed by atoms with Crippen LogP contribution in [0.4, 0.5) is 65.9 Å². The molecule has 0 bridgehead atoms. The van der Waals surface area contributed by atoms with Crippen molar-refractivity contribution in [1.82, 2.24) is 0 Å². The lowest BCUT2D eigenvalue weighted by atomic mass is 10.0. The third kappa shape index (κ3) is 3.89. The maximum atomic E-state index is 12.8. The number of allylic oxidation sites excluding steroid dienone is 2. The van der Waals surface area contributed by atoms with E-state index in [1.165, 1.54) is 0 Å². The van der Waals surface area contributed by atoms with Crippen molar-refractivity contribution in [2.75, 3.05) is 0 Å². The van der Waals surface area contributed by atoms with Gasteiger partial charge in [0.25, 0.3) is 0 Å². The van der Waals surface area contributed by atoms with Crippen LogP contribution in [0.15, 0.2) is 12.2 Å². The first-order valence-electron chi connectivity index (χ1n) is 5.18. The number of hydrogen-bond acceptors (Lipinski definition) is 0. The maximum absolute atomic E-state index is 12.8. The number of hydrogen-bond donors (Lipinski definition) is 0. The van der Waals surface area contributed by atoms with Gasteiger partial charge in [0, 0.05) is 0 Å². The lowest BCUT2D eigenvalue weighted by molar-refractivity contribution is -0.388. The summed E-state index contributed by atoms with van der Waals surface area (Å²) < 4.78 is 185. The molecule has 0 N–H and O–H groups in total. The summed E-state index contributed by atoms with van der Waals surface area (Å²) in [4.78, 5) is 0. The molecule has 25 heavy (non-hydrogen) atoms. The number of rotatable bonds is 5. The van der Waals surface area contributed by atoms with E-state index >= 15 is 0 Å². The van der Waals surface area contributed by atoms with Crippen molar-refractivity contribution >= 4 is 11.6 Å². The zero-order valence-corrected chi connectivity index (χ0v) is 11.5. The summed E-state index contributed by atoms with van der Waals surface area (Å²) in [5.41, 5.74) is 0. The summed E-state index contributed by atoms with van der Waals surface area (Å²) in [6, 6.07) is 0. The Bertz CT molecular complexity index is 508. The zero-order valence-electron chi connectivity index (χ0n) is 10.7. The Balaban J connectivity index is 5.97. The average molecular weight is 431 g/mol. The molecule has 150 valence electrons. The van der Waals surface area contributed by atoms with E-state index in [2.05, 4.69) is 11.6 Å². The quantitative estimate of drug-likeness (QED) is 0.280. The van der Waals surface area contributed by atoms with E-state index in [9.17, 15) is 65.9 Å². The van der Waals surface area contributed by atoms with E-state index in [1.54, 1.807) is 0 Å². The second-order valence-electron chi connectivity index (χ2n) is 4.30. The summed E-state index contributed by atoms with van der Waals surface area (Å²) in [5, 5.41) is -6.14. The molecule has 0 radical (unpaired) electrons. The molecule has 0 aromatic rings. The highest BCUT2D eigenvalue weighted by Gasteiger charge is 2.81. The molecule has 0 saturated carbocycles. The van der Waals surface area contributed by atoms with E-state index in [0.29, 0.717) is 0 Å². The van der Waals surface area contributed by atoms with Gasteiger partial charge in [-0.2, -0.15) is 61.5 Å². The summed E-state index contributed by atoms with van der Waals surface area (Å²) >= 11 is 3.76. The van der Waals surface area contributed by atoms with Crippen LogP contribution in [0.5, 0.6) is 0 Å². The third-order valence-electron chi connectivity index (χ3n) is 2.45. The number of alkyl halides is 16. The summed E-state index contributed by atoms with van der Waals surface area (Å²) in [7, 11) is 0. The third-order valence-corrected chi connectivity index (χ3v) is 2.91. The Morgan fingerprint density at radius 1 is 0.440 bits per heavy atom. The highest BCUT2D eigenvalue weighted by molar-refractivity contribution is 6.24. The molecule has 0 aliphatic heterocycles. The predicted octanol–water partition coefficient (Wildman–Crippen LogP) is 6.11. The van der Waals surface area contributed by atoms with E-state index in [4.69, 9.17) is 0 Å². The topological polar surface area (TPSA) is 0 Å². The smallest absolute Gasteiger partial charge is 0.209 e. The summed E-state index contributed by atoms with van der Waals surface area (Å²) in [5.74, 6) is -27.9. The van der Waals surface area contributed by atoms with Gasteiger partial charge in [0.15, 0.2) is 0 Å². The normalized spacial score (nSPS) is 18.6. The Kier molecular flexibility index (Phi) is 5.76. The molecule has 16 heteroatoms. The van der Waals surface area contributed by atoms with Gasteiger partial charge in [-0.3, -0.25) is 0 Å². The lowest BCUT2D eigenvalue weighted by Crippen LogP contribution is -2.60. The van der Waals surface area contributed by atoms with Gasteiger partial charge in [0.2, 0.25) is 0 Å². The van der Waals surface area contributed by atoms with Crippen LogP contribution in [0.2, 0.25) is 0 Å². The zero-order chi connectivity index (χ0) is 20.9. The van der Waals surface area contributed by atoms with Crippen molar-refractivity contribution in [3.63, 3.8) is 0 Å². The Morgan fingerprint density at radius 3 is 1.04 bits per heavy atom. The van der Waals surface area contributed by atoms with E-state index in [-0.39, 0.29) is 0 Å². The van der Waals surface area contributed by atoms with Gasteiger partial charge in [-0.05, 0) is 12.2 Å². The number of halogens is 16. The largest absolute Gasteiger partial charge is 0.460 e. The molecular formula is C9H2ClF15. The SMILES string of the molecule is FC(F)(F)C(F)(F)C(F)(F)C(F)(F)C=CC(F)(F)C(F)(Cl)C(F)(F)F. The van der Waals surface area contributed by atoms with Gasteiger partial charge in [-0.1, -0.05) is 11.6 Å².